The van der Waals surface area contributed by atoms with Crippen LogP contribution in [0, 0.1) is 0 Å². The van der Waals surface area contributed by atoms with Crippen LogP contribution >= 0.6 is 0 Å². The Morgan fingerprint density at radius 2 is 2.29 bits per heavy atom. The van der Waals surface area contributed by atoms with E-state index in [-0.39, 0.29) is 12.5 Å². The molecule has 2 aromatic rings. The summed E-state index contributed by atoms with van der Waals surface area (Å²) in [5.41, 5.74) is 6.13. The van der Waals surface area contributed by atoms with Crippen molar-refractivity contribution in [2.24, 2.45) is 5.73 Å². The van der Waals surface area contributed by atoms with Crippen LogP contribution in [0.2, 0.25) is 0 Å². The van der Waals surface area contributed by atoms with Crippen molar-refractivity contribution < 1.29 is 4.79 Å². The fourth-order valence-corrected chi connectivity index (χ4v) is 2.40. The molecule has 9 nitrogen and oxygen atoms in total. The van der Waals surface area contributed by atoms with Crippen molar-refractivity contribution in [3.63, 3.8) is 0 Å². The predicted octanol–water partition coefficient (Wildman–Crippen LogP) is -1.07. The van der Waals surface area contributed by atoms with Crippen LogP contribution in [0.15, 0.2) is 6.20 Å². The van der Waals surface area contributed by atoms with E-state index in [0.717, 1.165) is 31.0 Å². The summed E-state index contributed by atoms with van der Waals surface area (Å²) < 4.78 is 3.58. The van der Waals surface area contributed by atoms with Crippen molar-refractivity contribution in [3.05, 3.63) is 23.5 Å². The van der Waals surface area contributed by atoms with E-state index in [1.54, 1.807) is 18.1 Å². The van der Waals surface area contributed by atoms with Crippen molar-refractivity contribution in [3.8, 4) is 0 Å². The molecule has 0 radical (unpaired) electrons. The molecule has 0 atom stereocenters. The van der Waals surface area contributed by atoms with Gasteiger partial charge in [-0.2, -0.15) is 0 Å². The lowest BCUT2D eigenvalue weighted by Gasteiger charge is -2.16. The quantitative estimate of drug-likeness (QED) is 0.751. The van der Waals surface area contributed by atoms with E-state index in [0.29, 0.717) is 18.8 Å². The van der Waals surface area contributed by atoms with Gasteiger partial charge in [0.1, 0.15) is 12.4 Å². The molecule has 0 fully saturated rings. The van der Waals surface area contributed by atoms with Crippen molar-refractivity contribution in [1.82, 2.24) is 34.7 Å². The summed E-state index contributed by atoms with van der Waals surface area (Å²) in [5, 5.41) is 16.0. The molecule has 9 heteroatoms. The number of aromatic nitrogens is 6. The first-order valence-electron chi connectivity index (χ1n) is 6.91. The SMILES string of the molecule is CN(Cc1nnc2n1CCC2)C(=O)Cn1cc(CN)nn1. The van der Waals surface area contributed by atoms with Crippen LogP contribution in [-0.4, -0.2) is 47.6 Å². The maximum atomic E-state index is 12.2. The first-order valence-corrected chi connectivity index (χ1v) is 6.91. The van der Waals surface area contributed by atoms with Gasteiger partial charge < -0.3 is 15.2 Å². The fraction of sp³-hybridized carbons (Fsp3) is 0.583. The summed E-state index contributed by atoms with van der Waals surface area (Å²) in [7, 11) is 1.75. The Bertz CT molecular complexity index is 645. The number of hydrogen-bond acceptors (Lipinski definition) is 6. The van der Waals surface area contributed by atoms with Crippen LogP contribution in [0.3, 0.4) is 0 Å². The molecule has 2 aromatic heterocycles. The van der Waals surface area contributed by atoms with Gasteiger partial charge in [-0.3, -0.25) is 4.79 Å². The Morgan fingerprint density at radius 3 is 3.05 bits per heavy atom. The van der Waals surface area contributed by atoms with Gasteiger partial charge in [0.15, 0.2) is 5.82 Å². The molecule has 0 aliphatic carbocycles. The maximum absolute atomic E-state index is 12.2. The third-order valence-corrected chi connectivity index (χ3v) is 3.58. The molecular formula is C12H18N8O. The van der Waals surface area contributed by atoms with E-state index in [1.165, 1.54) is 4.68 Å². The van der Waals surface area contributed by atoms with Crippen LogP contribution in [0.4, 0.5) is 0 Å². The van der Waals surface area contributed by atoms with E-state index in [9.17, 15) is 4.79 Å². The van der Waals surface area contributed by atoms with Gasteiger partial charge in [-0.1, -0.05) is 5.21 Å². The summed E-state index contributed by atoms with van der Waals surface area (Å²) in [4.78, 5) is 13.8. The Hall–Kier alpha value is -2.29. The van der Waals surface area contributed by atoms with E-state index in [1.807, 2.05) is 0 Å². The van der Waals surface area contributed by atoms with Crippen molar-refractivity contribution in [2.45, 2.75) is 39.0 Å². The minimum atomic E-state index is -0.0566. The minimum Gasteiger partial charge on any atom is -0.337 e. The van der Waals surface area contributed by atoms with Crippen LogP contribution < -0.4 is 5.73 Å². The first kappa shape index (κ1) is 13.7. The topological polar surface area (TPSA) is 108 Å². The highest BCUT2D eigenvalue weighted by Crippen LogP contribution is 2.15. The van der Waals surface area contributed by atoms with Gasteiger partial charge in [0.25, 0.3) is 0 Å². The normalized spacial score (nSPS) is 13.4. The highest BCUT2D eigenvalue weighted by Gasteiger charge is 2.20. The molecule has 0 saturated carbocycles. The number of rotatable bonds is 5. The molecule has 0 saturated heterocycles. The van der Waals surface area contributed by atoms with Gasteiger partial charge in [0.05, 0.1) is 18.4 Å². The summed E-state index contributed by atoms with van der Waals surface area (Å²) in [6.45, 7) is 1.84. The van der Waals surface area contributed by atoms with E-state index < -0.39 is 0 Å². The molecular weight excluding hydrogens is 272 g/mol. The standard InChI is InChI=1S/C12H18N8O/c1-18(7-11-16-15-10-3-2-4-20(10)11)12(21)8-19-6-9(5-13)14-17-19/h6H,2-5,7-8,13H2,1H3. The molecule has 1 aliphatic rings. The largest absolute Gasteiger partial charge is 0.337 e. The predicted molar refractivity (Wildman–Crippen MR) is 72.7 cm³/mol. The van der Waals surface area contributed by atoms with Crippen LogP contribution in [0.25, 0.3) is 0 Å². The van der Waals surface area contributed by atoms with E-state index in [4.69, 9.17) is 5.73 Å². The third-order valence-electron chi connectivity index (χ3n) is 3.58. The molecule has 1 aliphatic heterocycles. The van der Waals surface area contributed by atoms with Gasteiger partial charge in [-0.15, -0.1) is 15.3 Å². The van der Waals surface area contributed by atoms with E-state index >= 15 is 0 Å². The number of carbonyl (C=O) groups excluding carboxylic acids is 1. The molecule has 0 spiro atoms. The number of hydrogen-bond donors (Lipinski definition) is 1. The second-order valence-corrected chi connectivity index (χ2v) is 5.15. The van der Waals surface area contributed by atoms with Gasteiger partial charge in [0.2, 0.25) is 5.91 Å². The van der Waals surface area contributed by atoms with E-state index in [2.05, 4.69) is 25.1 Å². The summed E-state index contributed by atoms with van der Waals surface area (Å²) >= 11 is 0. The zero-order valence-electron chi connectivity index (χ0n) is 11.9. The third kappa shape index (κ3) is 2.77. The number of nitrogens with two attached hydrogens (primary N) is 1. The maximum Gasteiger partial charge on any atom is 0.244 e. The lowest BCUT2D eigenvalue weighted by Crippen LogP contribution is -2.31. The van der Waals surface area contributed by atoms with Crippen LogP contribution in [0.1, 0.15) is 23.8 Å². The Labute approximate surface area is 121 Å². The van der Waals surface area contributed by atoms with Crippen molar-refractivity contribution >= 4 is 5.91 Å². The fourth-order valence-electron chi connectivity index (χ4n) is 2.40. The second kappa shape index (κ2) is 5.60. The number of nitrogens with zero attached hydrogens (tertiary/aromatic N) is 7. The molecule has 0 bridgehead atoms. The van der Waals surface area contributed by atoms with Crippen LogP contribution in [0.5, 0.6) is 0 Å². The Balaban J connectivity index is 1.61. The molecule has 0 aromatic carbocycles. The highest BCUT2D eigenvalue weighted by molar-refractivity contribution is 5.75. The molecule has 0 unspecified atom stereocenters. The molecule has 112 valence electrons. The Kier molecular flexibility index (Phi) is 3.65. The zero-order chi connectivity index (χ0) is 14.8. The monoisotopic (exact) mass is 290 g/mol. The smallest absolute Gasteiger partial charge is 0.244 e. The summed E-state index contributed by atoms with van der Waals surface area (Å²) in [6.07, 6.45) is 3.74. The highest BCUT2D eigenvalue weighted by atomic mass is 16.2. The average molecular weight is 290 g/mol. The summed E-state index contributed by atoms with van der Waals surface area (Å²) in [5.74, 6) is 1.79. The summed E-state index contributed by atoms with van der Waals surface area (Å²) in [6, 6.07) is 0. The number of aryl methyl sites for hydroxylation is 1. The van der Waals surface area contributed by atoms with Gasteiger partial charge in [-0.05, 0) is 6.42 Å². The number of fused-ring (bicyclic) bond motifs is 1. The first-order chi connectivity index (χ1) is 10.2. The van der Waals surface area contributed by atoms with Crippen molar-refractivity contribution in [2.75, 3.05) is 7.05 Å². The molecule has 3 heterocycles. The lowest BCUT2D eigenvalue weighted by atomic mass is 10.4. The molecule has 3 rings (SSSR count). The average Bonchev–Trinajstić information content (AvgIpc) is 3.16. The van der Waals surface area contributed by atoms with Crippen molar-refractivity contribution in [1.29, 1.82) is 0 Å². The zero-order valence-corrected chi connectivity index (χ0v) is 11.9. The molecule has 1 amide bonds. The Morgan fingerprint density at radius 1 is 1.43 bits per heavy atom. The lowest BCUT2D eigenvalue weighted by molar-refractivity contribution is -0.131. The van der Waals surface area contributed by atoms with Gasteiger partial charge in [-0.25, -0.2) is 4.68 Å². The van der Waals surface area contributed by atoms with Gasteiger partial charge >= 0.3 is 0 Å². The molecule has 2 N–H and O–H groups in total. The minimum absolute atomic E-state index is 0.0566. The molecule has 21 heavy (non-hydrogen) atoms. The number of likely N-dealkylation sites (N-methyl/N-ethyl adjacent to an activating group) is 1. The number of carbonyl (C=O) groups is 1. The van der Waals surface area contributed by atoms with Crippen LogP contribution in [-0.2, 0) is 37.4 Å². The van der Waals surface area contributed by atoms with Gasteiger partial charge in [0, 0.05) is 26.6 Å². The number of amides is 1. The second-order valence-electron chi connectivity index (χ2n) is 5.15.